The van der Waals surface area contributed by atoms with Crippen molar-refractivity contribution in [3.63, 3.8) is 0 Å². The lowest BCUT2D eigenvalue weighted by Gasteiger charge is -2.18. The fourth-order valence-electron chi connectivity index (χ4n) is 2.70. The van der Waals surface area contributed by atoms with Gasteiger partial charge in [0.2, 0.25) is 11.8 Å². The molecule has 2 rings (SSSR count). The van der Waals surface area contributed by atoms with Crippen molar-refractivity contribution < 1.29 is 9.59 Å². The van der Waals surface area contributed by atoms with Gasteiger partial charge in [-0.05, 0) is 25.7 Å². The number of carbonyl (C=O) groups excluding carboxylic acids is 2. The van der Waals surface area contributed by atoms with Crippen molar-refractivity contribution in [1.29, 1.82) is 0 Å². The van der Waals surface area contributed by atoms with Crippen molar-refractivity contribution in [2.45, 2.75) is 57.5 Å². The molecular weight excluding hydrogens is 421 g/mol. The van der Waals surface area contributed by atoms with Crippen LogP contribution in [0.25, 0.3) is 0 Å². The number of guanidine groups is 1. The number of rotatable bonds is 7. The minimum atomic E-state index is 0. The molecule has 1 unspecified atom stereocenters. The number of nitrogens with one attached hydrogen (secondary N) is 3. The molecule has 1 aliphatic carbocycles. The number of nitrogens with zero attached hydrogens (tertiary/aromatic N) is 2. The van der Waals surface area contributed by atoms with E-state index in [1.54, 1.807) is 7.05 Å². The topological polar surface area (TPSA) is 85.8 Å². The van der Waals surface area contributed by atoms with E-state index in [1.165, 1.54) is 0 Å². The molecule has 1 saturated heterocycles. The molecule has 7 nitrogen and oxygen atoms in total. The normalized spacial score (nSPS) is 20.3. The van der Waals surface area contributed by atoms with Gasteiger partial charge in [0.15, 0.2) is 5.96 Å². The van der Waals surface area contributed by atoms with Crippen LogP contribution < -0.4 is 16.0 Å². The molecule has 1 aliphatic heterocycles. The van der Waals surface area contributed by atoms with Gasteiger partial charge in [-0.3, -0.25) is 14.6 Å². The number of aliphatic imine (C=N–C) groups is 1. The summed E-state index contributed by atoms with van der Waals surface area (Å²) in [5, 5.41) is 9.57. The Morgan fingerprint density at radius 1 is 1.17 bits per heavy atom. The number of carbonyl (C=O) groups is 2. The Morgan fingerprint density at radius 3 is 2.54 bits per heavy atom. The van der Waals surface area contributed by atoms with Crippen molar-refractivity contribution in [1.82, 2.24) is 20.9 Å². The summed E-state index contributed by atoms with van der Waals surface area (Å²) in [5.74, 6) is 1.09. The highest BCUT2D eigenvalue weighted by molar-refractivity contribution is 14.0. The predicted molar refractivity (Wildman–Crippen MR) is 106 cm³/mol. The number of hydrogen-bond acceptors (Lipinski definition) is 3. The molecule has 0 bridgehead atoms. The standard InChI is InChI=1S/C16H29N5O2.HI/c1-3-15(23)21-10-8-13(11-21)20-16(17-2)18-9-4-5-14(22)19-12-6-7-12;/h12-13H,3-11H2,1-2H3,(H,19,22)(H2,17,18,20);1H. The van der Waals surface area contributed by atoms with Gasteiger partial charge in [0.05, 0.1) is 0 Å². The zero-order valence-corrected chi connectivity index (χ0v) is 17.0. The highest BCUT2D eigenvalue weighted by Crippen LogP contribution is 2.18. The van der Waals surface area contributed by atoms with Crippen LogP contribution in [-0.2, 0) is 9.59 Å². The van der Waals surface area contributed by atoms with E-state index in [4.69, 9.17) is 0 Å². The highest BCUT2D eigenvalue weighted by atomic mass is 127. The second kappa shape index (κ2) is 10.7. The zero-order valence-electron chi connectivity index (χ0n) is 14.6. The van der Waals surface area contributed by atoms with Gasteiger partial charge in [-0.15, -0.1) is 24.0 Å². The van der Waals surface area contributed by atoms with Crippen molar-refractivity contribution >= 4 is 41.8 Å². The van der Waals surface area contributed by atoms with Crippen molar-refractivity contribution in [2.24, 2.45) is 4.99 Å². The first-order valence-electron chi connectivity index (χ1n) is 8.66. The van der Waals surface area contributed by atoms with Gasteiger partial charge in [-0.25, -0.2) is 0 Å². The summed E-state index contributed by atoms with van der Waals surface area (Å²) in [6.45, 7) is 4.14. The van der Waals surface area contributed by atoms with E-state index >= 15 is 0 Å². The SMILES string of the molecule is CCC(=O)N1CCC(NC(=NC)NCCCC(=O)NC2CC2)C1.I. The van der Waals surface area contributed by atoms with Gasteiger partial charge < -0.3 is 20.9 Å². The summed E-state index contributed by atoms with van der Waals surface area (Å²) in [4.78, 5) is 29.4. The molecule has 138 valence electrons. The lowest BCUT2D eigenvalue weighted by molar-refractivity contribution is -0.129. The molecular formula is C16H30IN5O2. The molecule has 0 aromatic carbocycles. The first kappa shape index (κ1) is 21.0. The fourth-order valence-corrected chi connectivity index (χ4v) is 2.70. The summed E-state index contributed by atoms with van der Waals surface area (Å²) in [7, 11) is 1.74. The first-order chi connectivity index (χ1) is 11.1. The Labute approximate surface area is 161 Å². The summed E-state index contributed by atoms with van der Waals surface area (Å²) in [6, 6.07) is 0.677. The van der Waals surface area contributed by atoms with Crippen LogP contribution in [-0.4, -0.2) is 61.4 Å². The molecule has 0 radical (unpaired) electrons. The Morgan fingerprint density at radius 2 is 1.92 bits per heavy atom. The van der Waals surface area contributed by atoms with Crippen LogP contribution >= 0.6 is 24.0 Å². The third kappa shape index (κ3) is 7.23. The van der Waals surface area contributed by atoms with Crippen LogP contribution in [0.1, 0.15) is 45.4 Å². The van der Waals surface area contributed by atoms with E-state index < -0.39 is 0 Å². The Balaban J connectivity index is 0.00000288. The Bertz CT molecular complexity index is 454. The second-order valence-corrected chi connectivity index (χ2v) is 6.27. The first-order valence-corrected chi connectivity index (χ1v) is 8.66. The van der Waals surface area contributed by atoms with E-state index in [0.29, 0.717) is 25.4 Å². The number of hydrogen-bond donors (Lipinski definition) is 3. The molecule has 1 atom stereocenters. The molecule has 0 aromatic rings. The maximum atomic E-state index is 11.7. The van der Waals surface area contributed by atoms with Crippen LogP contribution in [0.5, 0.6) is 0 Å². The predicted octanol–water partition coefficient (Wildman–Crippen LogP) is 0.839. The van der Waals surface area contributed by atoms with Crippen LogP contribution in [0.15, 0.2) is 4.99 Å². The van der Waals surface area contributed by atoms with Crippen LogP contribution in [0, 0.1) is 0 Å². The molecule has 2 fully saturated rings. The van der Waals surface area contributed by atoms with Crippen molar-refractivity contribution in [3.8, 4) is 0 Å². The average Bonchev–Trinajstić information content (AvgIpc) is 3.24. The lowest BCUT2D eigenvalue weighted by atomic mass is 10.2. The van der Waals surface area contributed by atoms with E-state index in [0.717, 1.165) is 44.7 Å². The van der Waals surface area contributed by atoms with Gasteiger partial charge in [-0.1, -0.05) is 6.92 Å². The fraction of sp³-hybridized carbons (Fsp3) is 0.812. The maximum absolute atomic E-state index is 11.7. The maximum Gasteiger partial charge on any atom is 0.222 e. The van der Waals surface area contributed by atoms with Gasteiger partial charge >= 0.3 is 0 Å². The second-order valence-electron chi connectivity index (χ2n) is 6.27. The van der Waals surface area contributed by atoms with Crippen molar-refractivity contribution in [2.75, 3.05) is 26.7 Å². The van der Waals surface area contributed by atoms with Crippen LogP contribution in [0.4, 0.5) is 0 Å². The van der Waals surface area contributed by atoms with Gasteiger partial charge in [0, 0.05) is 51.6 Å². The molecule has 24 heavy (non-hydrogen) atoms. The molecule has 3 N–H and O–H groups in total. The largest absolute Gasteiger partial charge is 0.356 e. The lowest BCUT2D eigenvalue weighted by Crippen LogP contribution is -2.45. The van der Waals surface area contributed by atoms with E-state index in [-0.39, 0.29) is 41.8 Å². The molecule has 0 aromatic heterocycles. The quantitative estimate of drug-likeness (QED) is 0.232. The molecule has 1 saturated carbocycles. The van der Waals surface area contributed by atoms with Crippen LogP contribution in [0.2, 0.25) is 0 Å². The Kier molecular flexibility index (Phi) is 9.38. The zero-order chi connectivity index (χ0) is 16.7. The Hall–Kier alpha value is -1.06. The summed E-state index contributed by atoms with van der Waals surface area (Å²) < 4.78 is 0. The molecule has 2 amide bonds. The third-order valence-corrected chi connectivity index (χ3v) is 4.22. The van der Waals surface area contributed by atoms with Crippen LogP contribution in [0.3, 0.4) is 0 Å². The van der Waals surface area contributed by atoms with E-state index in [9.17, 15) is 9.59 Å². The summed E-state index contributed by atoms with van der Waals surface area (Å²) >= 11 is 0. The van der Waals surface area contributed by atoms with Gasteiger partial charge in [0.25, 0.3) is 0 Å². The highest BCUT2D eigenvalue weighted by Gasteiger charge is 2.26. The van der Waals surface area contributed by atoms with E-state index in [2.05, 4.69) is 20.9 Å². The smallest absolute Gasteiger partial charge is 0.222 e. The molecule has 1 heterocycles. The number of likely N-dealkylation sites (tertiary alicyclic amines) is 1. The monoisotopic (exact) mass is 451 g/mol. The number of amides is 2. The van der Waals surface area contributed by atoms with Crippen molar-refractivity contribution in [3.05, 3.63) is 0 Å². The average molecular weight is 451 g/mol. The van der Waals surface area contributed by atoms with E-state index in [1.807, 2.05) is 11.8 Å². The minimum Gasteiger partial charge on any atom is -0.356 e. The minimum absolute atomic E-state index is 0. The summed E-state index contributed by atoms with van der Waals surface area (Å²) in [6.07, 6.45) is 5.07. The third-order valence-electron chi connectivity index (χ3n) is 4.22. The summed E-state index contributed by atoms with van der Waals surface area (Å²) in [5.41, 5.74) is 0. The number of halogens is 1. The van der Waals surface area contributed by atoms with Gasteiger partial charge in [-0.2, -0.15) is 0 Å². The molecule has 8 heteroatoms. The molecule has 0 spiro atoms. The van der Waals surface area contributed by atoms with Gasteiger partial charge in [0.1, 0.15) is 0 Å². The molecule has 2 aliphatic rings.